The minimum absolute atomic E-state index is 0.0975. The Labute approximate surface area is 190 Å². The molecule has 5 heteroatoms. The second-order valence-corrected chi connectivity index (χ2v) is 9.39. The van der Waals surface area contributed by atoms with Gasteiger partial charge in [-0.3, -0.25) is 9.59 Å². The fraction of sp³-hybridized carbons (Fsp3) is 0.462. The van der Waals surface area contributed by atoms with E-state index in [1.165, 1.54) is 10.5 Å². The van der Waals surface area contributed by atoms with E-state index in [1.807, 2.05) is 23.1 Å². The van der Waals surface area contributed by atoms with E-state index in [0.717, 1.165) is 37.8 Å². The monoisotopic (exact) mass is 438 g/mol. The van der Waals surface area contributed by atoms with E-state index in [9.17, 15) is 9.59 Å². The van der Waals surface area contributed by atoms with Gasteiger partial charge in [-0.05, 0) is 55.2 Å². The number of rotatable bonds is 11. The van der Waals surface area contributed by atoms with Crippen LogP contribution < -0.4 is 5.32 Å². The third kappa shape index (κ3) is 6.86. The van der Waals surface area contributed by atoms with Crippen LogP contribution in [0.5, 0.6) is 0 Å². The van der Waals surface area contributed by atoms with Gasteiger partial charge in [-0.15, -0.1) is 11.8 Å². The van der Waals surface area contributed by atoms with Crippen LogP contribution in [0.3, 0.4) is 0 Å². The number of nitrogens with zero attached hydrogens (tertiary/aromatic N) is 1. The van der Waals surface area contributed by atoms with Crippen LogP contribution in [0.4, 0.5) is 0 Å². The summed E-state index contributed by atoms with van der Waals surface area (Å²) in [6, 6.07) is 18.7. The summed E-state index contributed by atoms with van der Waals surface area (Å²) in [5.74, 6) is 0.274. The van der Waals surface area contributed by atoms with Crippen LogP contribution in [-0.4, -0.2) is 35.1 Å². The molecule has 3 rings (SSSR count). The Balaban J connectivity index is 1.66. The topological polar surface area (TPSA) is 49.4 Å². The molecule has 0 aromatic heterocycles. The average molecular weight is 439 g/mol. The fourth-order valence-corrected chi connectivity index (χ4v) is 4.67. The van der Waals surface area contributed by atoms with Crippen LogP contribution in [-0.2, 0) is 22.6 Å². The molecule has 2 aromatic carbocycles. The van der Waals surface area contributed by atoms with Gasteiger partial charge in [0.25, 0.3) is 0 Å². The average Bonchev–Trinajstić information content (AvgIpc) is 3.16. The molecule has 1 atom stereocenters. The standard InChI is InChI=1S/C26H34N2O2S/c1-3-4-18-28(20-22-8-6-5-7-9-22)25(30)15-17-26(16-14-24(29)27-26)19-21-10-12-23(31-2)13-11-21/h5-13H,3-4,14-20H2,1-2H3,(H,27,29)/t26-/m1/s1. The van der Waals surface area contributed by atoms with Crippen molar-refractivity contribution < 1.29 is 9.59 Å². The lowest BCUT2D eigenvalue weighted by Crippen LogP contribution is -2.45. The van der Waals surface area contributed by atoms with Crippen molar-refractivity contribution in [2.75, 3.05) is 12.8 Å². The van der Waals surface area contributed by atoms with Gasteiger partial charge in [0.15, 0.2) is 0 Å². The SMILES string of the molecule is CCCCN(Cc1ccccc1)C(=O)CC[C@@]1(Cc2ccc(SC)cc2)CCC(=O)N1. The summed E-state index contributed by atoms with van der Waals surface area (Å²) in [4.78, 5) is 28.5. The lowest BCUT2D eigenvalue weighted by atomic mass is 9.85. The number of nitrogens with one attached hydrogen (secondary N) is 1. The van der Waals surface area contributed by atoms with Crippen LogP contribution >= 0.6 is 11.8 Å². The highest BCUT2D eigenvalue weighted by Crippen LogP contribution is 2.30. The van der Waals surface area contributed by atoms with E-state index in [0.29, 0.717) is 25.8 Å². The maximum absolute atomic E-state index is 13.2. The maximum Gasteiger partial charge on any atom is 0.222 e. The molecule has 4 nitrogen and oxygen atoms in total. The number of amides is 2. The zero-order chi connectivity index (χ0) is 22.1. The van der Waals surface area contributed by atoms with Crippen molar-refractivity contribution in [3.8, 4) is 0 Å². The van der Waals surface area contributed by atoms with Gasteiger partial charge in [0, 0.05) is 36.4 Å². The largest absolute Gasteiger partial charge is 0.350 e. The summed E-state index contributed by atoms with van der Waals surface area (Å²) in [5, 5.41) is 3.22. The van der Waals surface area contributed by atoms with Gasteiger partial charge in [-0.25, -0.2) is 0 Å². The molecule has 1 N–H and O–H groups in total. The van der Waals surface area contributed by atoms with Crippen LogP contribution in [0, 0.1) is 0 Å². The Hall–Kier alpha value is -2.27. The summed E-state index contributed by atoms with van der Waals surface area (Å²) in [5.41, 5.74) is 2.04. The van der Waals surface area contributed by atoms with Gasteiger partial charge in [0.1, 0.15) is 0 Å². The van der Waals surface area contributed by atoms with Gasteiger partial charge >= 0.3 is 0 Å². The minimum Gasteiger partial charge on any atom is -0.350 e. The third-order valence-corrected chi connectivity index (χ3v) is 6.85. The van der Waals surface area contributed by atoms with Crippen molar-refractivity contribution in [1.82, 2.24) is 10.2 Å². The number of benzene rings is 2. The molecule has 0 aliphatic carbocycles. The first-order valence-corrected chi connectivity index (χ1v) is 12.5. The first-order valence-electron chi connectivity index (χ1n) is 11.3. The van der Waals surface area contributed by atoms with Crippen molar-refractivity contribution in [3.63, 3.8) is 0 Å². The minimum atomic E-state index is -0.323. The molecule has 166 valence electrons. The highest BCUT2D eigenvalue weighted by atomic mass is 32.2. The predicted octanol–water partition coefficient (Wildman–Crippen LogP) is 5.21. The Morgan fingerprint density at radius 2 is 1.84 bits per heavy atom. The van der Waals surface area contributed by atoms with E-state index in [1.54, 1.807) is 11.8 Å². The predicted molar refractivity (Wildman–Crippen MR) is 128 cm³/mol. The lowest BCUT2D eigenvalue weighted by molar-refractivity contribution is -0.132. The molecule has 1 fully saturated rings. The molecule has 1 aliphatic rings. The van der Waals surface area contributed by atoms with E-state index >= 15 is 0 Å². The molecule has 2 amide bonds. The van der Waals surface area contributed by atoms with Gasteiger partial charge < -0.3 is 10.2 Å². The van der Waals surface area contributed by atoms with Gasteiger partial charge in [0.05, 0.1) is 0 Å². The fourth-order valence-electron chi connectivity index (χ4n) is 4.27. The molecular formula is C26H34N2O2S. The molecule has 1 aliphatic heterocycles. The maximum atomic E-state index is 13.2. The lowest BCUT2D eigenvalue weighted by Gasteiger charge is -2.31. The Kier molecular flexibility index (Phi) is 8.59. The Morgan fingerprint density at radius 3 is 2.45 bits per heavy atom. The third-order valence-electron chi connectivity index (χ3n) is 6.10. The quantitative estimate of drug-likeness (QED) is 0.490. The molecular weight excluding hydrogens is 404 g/mol. The van der Waals surface area contributed by atoms with Crippen molar-refractivity contribution >= 4 is 23.6 Å². The molecule has 0 unspecified atom stereocenters. The summed E-state index contributed by atoms with van der Waals surface area (Å²) >= 11 is 1.72. The Bertz CT molecular complexity index is 853. The first kappa shape index (κ1) is 23.4. The molecule has 0 bridgehead atoms. The number of hydrogen-bond donors (Lipinski definition) is 1. The van der Waals surface area contributed by atoms with Crippen LogP contribution in [0.1, 0.15) is 56.6 Å². The molecule has 31 heavy (non-hydrogen) atoms. The summed E-state index contributed by atoms with van der Waals surface area (Å²) < 4.78 is 0. The number of hydrogen-bond acceptors (Lipinski definition) is 3. The number of unbranched alkanes of at least 4 members (excludes halogenated alkanes) is 1. The van der Waals surface area contributed by atoms with E-state index in [4.69, 9.17) is 0 Å². The van der Waals surface area contributed by atoms with Gasteiger partial charge in [0.2, 0.25) is 11.8 Å². The van der Waals surface area contributed by atoms with E-state index in [-0.39, 0.29) is 17.4 Å². The summed E-state index contributed by atoms with van der Waals surface area (Å²) in [6.07, 6.45) is 7.37. The second-order valence-electron chi connectivity index (χ2n) is 8.51. The highest BCUT2D eigenvalue weighted by Gasteiger charge is 2.38. The summed E-state index contributed by atoms with van der Waals surface area (Å²) in [7, 11) is 0. The normalized spacial score (nSPS) is 18.1. The molecule has 0 saturated carbocycles. The van der Waals surface area contributed by atoms with Gasteiger partial charge in [-0.1, -0.05) is 55.8 Å². The van der Waals surface area contributed by atoms with E-state index in [2.05, 4.69) is 54.9 Å². The Morgan fingerprint density at radius 1 is 1.10 bits per heavy atom. The first-order chi connectivity index (χ1) is 15.0. The molecule has 1 heterocycles. The van der Waals surface area contributed by atoms with E-state index < -0.39 is 0 Å². The number of thioether (sulfide) groups is 1. The smallest absolute Gasteiger partial charge is 0.222 e. The van der Waals surface area contributed by atoms with Crippen molar-refractivity contribution in [1.29, 1.82) is 0 Å². The molecule has 0 radical (unpaired) electrons. The van der Waals surface area contributed by atoms with Gasteiger partial charge in [-0.2, -0.15) is 0 Å². The number of carbonyl (C=O) groups is 2. The van der Waals surface area contributed by atoms with Crippen LogP contribution in [0.25, 0.3) is 0 Å². The zero-order valence-corrected chi connectivity index (χ0v) is 19.5. The van der Waals surface area contributed by atoms with Crippen molar-refractivity contribution in [2.24, 2.45) is 0 Å². The highest BCUT2D eigenvalue weighted by molar-refractivity contribution is 7.98. The van der Waals surface area contributed by atoms with Crippen molar-refractivity contribution in [2.45, 2.75) is 68.8 Å². The molecule has 2 aromatic rings. The van der Waals surface area contributed by atoms with Crippen LogP contribution in [0.2, 0.25) is 0 Å². The molecule has 0 spiro atoms. The van der Waals surface area contributed by atoms with Crippen molar-refractivity contribution in [3.05, 3.63) is 65.7 Å². The summed E-state index contributed by atoms with van der Waals surface area (Å²) in [6.45, 7) is 3.57. The second kappa shape index (κ2) is 11.4. The zero-order valence-electron chi connectivity index (χ0n) is 18.7. The number of carbonyl (C=O) groups excluding carboxylic acids is 2. The van der Waals surface area contributed by atoms with Crippen LogP contribution in [0.15, 0.2) is 59.5 Å². The molecule has 1 saturated heterocycles.